The fraction of sp³-hybridized carbons (Fsp3) is 0.375. The van der Waals surface area contributed by atoms with Crippen molar-refractivity contribution in [3.63, 3.8) is 0 Å². The predicted molar refractivity (Wildman–Crippen MR) is 114 cm³/mol. The lowest BCUT2D eigenvalue weighted by Crippen LogP contribution is -2.40. The maximum Gasteiger partial charge on any atom is 0.257 e. The Hall–Kier alpha value is -3.15. The molecule has 0 radical (unpaired) electrons. The monoisotopic (exact) mass is 405 g/mol. The molecule has 6 heteroatoms. The Morgan fingerprint density at radius 3 is 2.73 bits per heavy atom. The molecule has 2 aromatic carbocycles. The highest BCUT2D eigenvalue weighted by Crippen LogP contribution is 2.23. The first-order chi connectivity index (χ1) is 14.7. The van der Waals surface area contributed by atoms with E-state index in [0.717, 1.165) is 55.6 Å². The number of carbonyl (C=O) groups is 1. The van der Waals surface area contributed by atoms with Gasteiger partial charge in [-0.05, 0) is 55.0 Å². The van der Waals surface area contributed by atoms with E-state index in [1.165, 1.54) is 0 Å². The van der Waals surface area contributed by atoms with Gasteiger partial charge < -0.3 is 14.2 Å². The van der Waals surface area contributed by atoms with Crippen molar-refractivity contribution in [1.82, 2.24) is 15.0 Å². The summed E-state index contributed by atoms with van der Waals surface area (Å²) in [5.74, 6) is 2.68. The minimum absolute atomic E-state index is 0.216. The number of amides is 1. The number of methoxy groups -OCH3 is 1. The molecule has 0 spiro atoms. The zero-order chi connectivity index (χ0) is 20.8. The molecule has 1 amide bonds. The SMILES string of the molecule is COc1ccc(CCC(=O)N2CCCC(Cc3noc(-c4ccccc4)n3)C2)cc1. The van der Waals surface area contributed by atoms with Gasteiger partial charge in [0, 0.05) is 31.5 Å². The first-order valence-corrected chi connectivity index (χ1v) is 10.5. The fourth-order valence-corrected chi connectivity index (χ4v) is 3.95. The zero-order valence-corrected chi connectivity index (χ0v) is 17.3. The van der Waals surface area contributed by atoms with E-state index < -0.39 is 0 Å². The summed E-state index contributed by atoms with van der Waals surface area (Å²) in [4.78, 5) is 19.3. The van der Waals surface area contributed by atoms with Crippen LogP contribution in [-0.2, 0) is 17.6 Å². The number of ether oxygens (including phenoxy) is 1. The molecule has 3 aromatic rings. The van der Waals surface area contributed by atoms with Crippen molar-refractivity contribution in [2.24, 2.45) is 5.92 Å². The highest BCUT2D eigenvalue weighted by atomic mass is 16.5. The molecule has 1 aromatic heterocycles. The van der Waals surface area contributed by atoms with Gasteiger partial charge in [0.05, 0.1) is 7.11 Å². The van der Waals surface area contributed by atoms with E-state index in [2.05, 4.69) is 10.1 Å². The number of rotatable bonds is 7. The number of hydrogen-bond donors (Lipinski definition) is 0. The molecule has 6 nitrogen and oxygen atoms in total. The standard InChI is InChI=1S/C24H27N3O3/c1-29-21-12-9-18(10-13-21)11-14-23(28)27-15-5-6-19(17-27)16-22-25-24(30-26-22)20-7-3-2-4-8-20/h2-4,7-10,12-13,19H,5-6,11,14-17H2,1H3. The van der Waals surface area contributed by atoms with Gasteiger partial charge in [0.15, 0.2) is 5.82 Å². The fourth-order valence-electron chi connectivity index (χ4n) is 3.95. The Kier molecular flexibility index (Phi) is 6.42. The van der Waals surface area contributed by atoms with E-state index in [4.69, 9.17) is 9.26 Å². The highest BCUT2D eigenvalue weighted by molar-refractivity contribution is 5.76. The number of likely N-dealkylation sites (tertiary alicyclic amines) is 1. The molecule has 1 atom stereocenters. The van der Waals surface area contributed by atoms with Gasteiger partial charge in [0.2, 0.25) is 5.91 Å². The number of benzene rings is 2. The van der Waals surface area contributed by atoms with Crippen LogP contribution in [0.1, 0.15) is 30.7 Å². The normalized spacial score (nSPS) is 16.4. The first-order valence-electron chi connectivity index (χ1n) is 10.5. The summed E-state index contributed by atoms with van der Waals surface area (Å²) in [5.41, 5.74) is 2.08. The van der Waals surface area contributed by atoms with Crippen LogP contribution >= 0.6 is 0 Å². The zero-order valence-electron chi connectivity index (χ0n) is 17.3. The van der Waals surface area contributed by atoms with Gasteiger partial charge >= 0.3 is 0 Å². The topological polar surface area (TPSA) is 68.5 Å². The summed E-state index contributed by atoms with van der Waals surface area (Å²) >= 11 is 0. The van der Waals surface area contributed by atoms with E-state index in [9.17, 15) is 4.79 Å². The van der Waals surface area contributed by atoms with E-state index in [1.54, 1.807) is 7.11 Å². The molecule has 1 saturated heterocycles. The van der Waals surface area contributed by atoms with Crippen LogP contribution < -0.4 is 4.74 Å². The molecule has 4 rings (SSSR count). The molecule has 1 aliphatic heterocycles. The van der Waals surface area contributed by atoms with Gasteiger partial charge in [-0.15, -0.1) is 0 Å². The summed E-state index contributed by atoms with van der Waals surface area (Å²) in [5, 5.41) is 4.15. The number of aryl methyl sites for hydroxylation is 1. The van der Waals surface area contributed by atoms with Gasteiger partial charge in [0.25, 0.3) is 5.89 Å². The molecule has 156 valence electrons. The third-order valence-corrected chi connectivity index (χ3v) is 5.62. The number of hydrogen-bond acceptors (Lipinski definition) is 5. The summed E-state index contributed by atoms with van der Waals surface area (Å²) in [7, 11) is 1.66. The second kappa shape index (κ2) is 9.57. The highest BCUT2D eigenvalue weighted by Gasteiger charge is 2.25. The Bertz CT molecular complexity index is 953. The molecule has 2 heterocycles. The van der Waals surface area contributed by atoms with Crippen molar-refractivity contribution in [3.05, 3.63) is 66.0 Å². The molecule has 1 aliphatic rings. The van der Waals surface area contributed by atoms with E-state index >= 15 is 0 Å². The molecule has 0 saturated carbocycles. The second-order valence-electron chi connectivity index (χ2n) is 7.78. The van der Waals surface area contributed by atoms with Crippen LogP contribution in [0.15, 0.2) is 59.1 Å². The largest absolute Gasteiger partial charge is 0.497 e. The Morgan fingerprint density at radius 1 is 1.17 bits per heavy atom. The van der Waals surface area contributed by atoms with E-state index in [-0.39, 0.29) is 5.91 Å². The van der Waals surface area contributed by atoms with E-state index in [0.29, 0.717) is 24.1 Å². The van der Waals surface area contributed by atoms with Crippen molar-refractivity contribution >= 4 is 5.91 Å². The minimum Gasteiger partial charge on any atom is -0.497 e. The van der Waals surface area contributed by atoms with Crippen molar-refractivity contribution in [2.45, 2.75) is 32.1 Å². The summed E-state index contributed by atoms with van der Waals surface area (Å²) in [6, 6.07) is 17.7. The summed E-state index contributed by atoms with van der Waals surface area (Å²) < 4.78 is 10.6. The quantitative estimate of drug-likeness (QED) is 0.590. The maximum atomic E-state index is 12.7. The third-order valence-electron chi connectivity index (χ3n) is 5.62. The van der Waals surface area contributed by atoms with Gasteiger partial charge in [0.1, 0.15) is 5.75 Å². The lowest BCUT2D eigenvalue weighted by atomic mass is 9.94. The van der Waals surface area contributed by atoms with Crippen LogP contribution in [0, 0.1) is 5.92 Å². The second-order valence-corrected chi connectivity index (χ2v) is 7.78. The van der Waals surface area contributed by atoms with Crippen LogP contribution in [0.2, 0.25) is 0 Å². The number of carbonyl (C=O) groups excluding carboxylic acids is 1. The van der Waals surface area contributed by atoms with E-state index in [1.807, 2.05) is 59.5 Å². The van der Waals surface area contributed by atoms with Gasteiger partial charge in [-0.25, -0.2) is 0 Å². The lowest BCUT2D eigenvalue weighted by molar-refractivity contribution is -0.133. The van der Waals surface area contributed by atoms with Crippen molar-refractivity contribution in [1.29, 1.82) is 0 Å². The van der Waals surface area contributed by atoms with Crippen molar-refractivity contribution < 1.29 is 14.1 Å². The first kappa shape index (κ1) is 20.1. The molecule has 30 heavy (non-hydrogen) atoms. The Balaban J connectivity index is 1.29. The van der Waals surface area contributed by atoms with Crippen LogP contribution in [0.5, 0.6) is 5.75 Å². The smallest absolute Gasteiger partial charge is 0.257 e. The summed E-state index contributed by atoms with van der Waals surface area (Å²) in [6.07, 6.45) is 4.10. The minimum atomic E-state index is 0.216. The average Bonchev–Trinajstić information content (AvgIpc) is 3.27. The van der Waals surface area contributed by atoms with Crippen LogP contribution in [0.25, 0.3) is 11.5 Å². The molecular weight excluding hydrogens is 378 g/mol. The van der Waals surface area contributed by atoms with Crippen molar-refractivity contribution in [2.75, 3.05) is 20.2 Å². The average molecular weight is 405 g/mol. The Labute approximate surface area is 176 Å². The van der Waals surface area contributed by atoms with Gasteiger partial charge in [-0.3, -0.25) is 4.79 Å². The molecule has 0 N–H and O–H groups in total. The van der Waals surface area contributed by atoms with Gasteiger partial charge in [-0.2, -0.15) is 4.98 Å². The third kappa shape index (κ3) is 5.06. The molecule has 0 bridgehead atoms. The number of piperidine rings is 1. The van der Waals surface area contributed by atoms with Crippen LogP contribution in [0.4, 0.5) is 0 Å². The maximum absolute atomic E-state index is 12.7. The van der Waals surface area contributed by atoms with Crippen LogP contribution in [-0.4, -0.2) is 41.1 Å². The predicted octanol–water partition coefficient (Wildman–Crippen LogP) is 4.16. The van der Waals surface area contributed by atoms with Crippen molar-refractivity contribution in [3.8, 4) is 17.2 Å². The van der Waals surface area contributed by atoms with Gasteiger partial charge in [-0.1, -0.05) is 35.5 Å². The molecular formula is C24H27N3O3. The molecule has 1 unspecified atom stereocenters. The van der Waals surface area contributed by atoms with Crippen LogP contribution in [0.3, 0.4) is 0 Å². The number of nitrogens with zero attached hydrogens (tertiary/aromatic N) is 3. The number of aromatic nitrogens is 2. The molecule has 0 aliphatic carbocycles. The lowest BCUT2D eigenvalue weighted by Gasteiger charge is -2.32. The summed E-state index contributed by atoms with van der Waals surface area (Å²) in [6.45, 7) is 1.59. The Morgan fingerprint density at radius 2 is 1.97 bits per heavy atom. The molecule has 1 fully saturated rings.